The van der Waals surface area contributed by atoms with E-state index in [-0.39, 0.29) is 11.9 Å². The molecule has 80 valence electrons. The van der Waals surface area contributed by atoms with Crippen LogP contribution in [-0.2, 0) is 14.3 Å². The minimum atomic E-state index is -0.434. The van der Waals surface area contributed by atoms with E-state index in [1.807, 2.05) is 20.8 Å². The second-order valence-electron chi connectivity index (χ2n) is 3.99. The second-order valence-corrected chi connectivity index (χ2v) is 3.99. The van der Waals surface area contributed by atoms with E-state index < -0.39 is 5.60 Å². The molecule has 2 atom stereocenters. The molecule has 0 saturated carbocycles. The molecule has 3 heteroatoms. The van der Waals surface area contributed by atoms with Crippen molar-refractivity contribution < 1.29 is 14.3 Å². The number of ether oxygens (including phenoxy) is 2. The summed E-state index contributed by atoms with van der Waals surface area (Å²) >= 11 is 0. The standard InChI is InChI=1S/C11H18O3/c1-5-11(14-6-8(2)3)7-13-10(12)9(11)4/h9H,2,5-7H2,1,3-4H3. The van der Waals surface area contributed by atoms with Gasteiger partial charge in [0.15, 0.2) is 0 Å². The maximum absolute atomic E-state index is 11.3. The lowest BCUT2D eigenvalue weighted by Crippen LogP contribution is -2.39. The molecular weight excluding hydrogens is 180 g/mol. The van der Waals surface area contributed by atoms with Crippen LogP contribution in [0.25, 0.3) is 0 Å². The van der Waals surface area contributed by atoms with Crippen molar-refractivity contribution in [1.82, 2.24) is 0 Å². The normalized spacial score (nSPS) is 31.6. The van der Waals surface area contributed by atoms with Crippen LogP contribution >= 0.6 is 0 Å². The van der Waals surface area contributed by atoms with Gasteiger partial charge in [0.1, 0.15) is 12.2 Å². The zero-order chi connectivity index (χ0) is 10.8. The number of esters is 1. The van der Waals surface area contributed by atoms with Crippen LogP contribution in [0, 0.1) is 5.92 Å². The van der Waals surface area contributed by atoms with E-state index in [9.17, 15) is 4.79 Å². The average molecular weight is 198 g/mol. The maximum atomic E-state index is 11.3. The molecule has 0 aliphatic carbocycles. The van der Waals surface area contributed by atoms with Gasteiger partial charge in [-0.05, 0) is 20.3 Å². The third kappa shape index (κ3) is 1.98. The fourth-order valence-corrected chi connectivity index (χ4v) is 1.60. The van der Waals surface area contributed by atoms with Crippen LogP contribution < -0.4 is 0 Å². The fraction of sp³-hybridized carbons (Fsp3) is 0.727. The SMILES string of the molecule is C=C(C)COC1(CC)COC(=O)C1C. The molecule has 1 fully saturated rings. The zero-order valence-corrected chi connectivity index (χ0v) is 9.13. The van der Waals surface area contributed by atoms with Crippen LogP contribution in [0.3, 0.4) is 0 Å². The Kier molecular flexibility index (Phi) is 3.32. The van der Waals surface area contributed by atoms with Gasteiger partial charge >= 0.3 is 5.97 Å². The van der Waals surface area contributed by atoms with Crippen molar-refractivity contribution in [3.8, 4) is 0 Å². The van der Waals surface area contributed by atoms with Crippen molar-refractivity contribution in [2.24, 2.45) is 5.92 Å². The Bertz CT molecular complexity index is 247. The maximum Gasteiger partial charge on any atom is 0.311 e. The zero-order valence-electron chi connectivity index (χ0n) is 9.13. The smallest absolute Gasteiger partial charge is 0.311 e. The van der Waals surface area contributed by atoms with Crippen molar-refractivity contribution in [2.75, 3.05) is 13.2 Å². The molecule has 0 amide bonds. The minimum Gasteiger partial charge on any atom is -0.462 e. The monoisotopic (exact) mass is 198 g/mol. The predicted molar refractivity (Wildman–Crippen MR) is 53.9 cm³/mol. The topological polar surface area (TPSA) is 35.5 Å². The summed E-state index contributed by atoms with van der Waals surface area (Å²) in [7, 11) is 0. The van der Waals surface area contributed by atoms with Gasteiger partial charge in [0.25, 0.3) is 0 Å². The van der Waals surface area contributed by atoms with Crippen LogP contribution in [0.2, 0.25) is 0 Å². The summed E-state index contributed by atoms with van der Waals surface area (Å²) < 4.78 is 10.7. The quantitative estimate of drug-likeness (QED) is 0.511. The number of hydrogen-bond acceptors (Lipinski definition) is 3. The first-order valence-corrected chi connectivity index (χ1v) is 4.97. The molecule has 0 aromatic carbocycles. The fourth-order valence-electron chi connectivity index (χ4n) is 1.60. The molecule has 1 saturated heterocycles. The summed E-state index contributed by atoms with van der Waals surface area (Å²) in [6.45, 7) is 10.4. The van der Waals surface area contributed by atoms with Gasteiger partial charge in [-0.25, -0.2) is 0 Å². The molecule has 0 spiro atoms. The number of carbonyl (C=O) groups excluding carboxylic acids is 1. The number of carbonyl (C=O) groups is 1. The lowest BCUT2D eigenvalue weighted by Gasteiger charge is -2.29. The van der Waals surface area contributed by atoms with Gasteiger partial charge < -0.3 is 9.47 Å². The average Bonchev–Trinajstić information content (AvgIpc) is 2.43. The molecule has 1 aliphatic heterocycles. The molecule has 0 aromatic rings. The van der Waals surface area contributed by atoms with Crippen LogP contribution in [0.4, 0.5) is 0 Å². The van der Waals surface area contributed by atoms with Gasteiger partial charge in [0.05, 0.1) is 12.5 Å². The lowest BCUT2D eigenvalue weighted by molar-refractivity contribution is -0.141. The molecular formula is C11H18O3. The molecule has 2 unspecified atom stereocenters. The molecule has 1 rings (SSSR count). The third-order valence-corrected chi connectivity index (χ3v) is 2.81. The predicted octanol–water partition coefficient (Wildman–Crippen LogP) is 1.92. The highest BCUT2D eigenvalue weighted by Crippen LogP contribution is 2.33. The molecule has 0 radical (unpaired) electrons. The van der Waals surface area contributed by atoms with E-state index in [2.05, 4.69) is 6.58 Å². The van der Waals surface area contributed by atoms with E-state index >= 15 is 0 Å². The Morgan fingerprint density at radius 1 is 1.79 bits per heavy atom. The first-order valence-electron chi connectivity index (χ1n) is 4.97. The van der Waals surface area contributed by atoms with Crippen LogP contribution in [-0.4, -0.2) is 24.8 Å². The summed E-state index contributed by atoms with van der Waals surface area (Å²) in [5.41, 5.74) is 0.528. The van der Waals surface area contributed by atoms with E-state index in [4.69, 9.17) is 9.47 Å². The van der Waals surface area contributed by atoms with Crippen molar-refractivity contribution in [3.05, 3.63) is 12.2 Å². The Morgan fingerprint density at radius 3 is 2.79 bits per heavy atom. The highest BCUT2D eigenvalue weighted by Gasteiger charge is 2.47. The van der Waals surface area contributed by atoms with E-state index in [0.717, 1.165) is 12.0 Å². The summed E-state index contributed by atoms with van der Waals surface area (Å²) in [5, 5.41) is 0. The number of cyclic esters (lactones) is 1. The lowest BCUT2D eigenvalue weighted by atomic mass is 9.89. The first-order chi connectivity index (χ1) is 6.52. The van der Waals surface area contributed by atoms with E-state index in [1.165, 1.54) is 0 Å². The van der Waals surface area contributed by atoms with Gasteiger partial charge in [-0.3, -0.25) is 4.79 Å². The Balaban J connectivity index is 2.67. The molecule has 0 bridgehead atoms. The van der Waals surface area contributed by atoms with Crippen molar-refractivity contribution in [1.29, 1.82) is 0 Å². The molecule has 14 heavy (non-hydrogen) atoms. The largest absolute Gasteiger partial charge is 0.462 e. The van der Waals surface area contributed by atoms with Crippen LogP contribution in [0.5, 0.6) is 0 Å². The third-order valence-electron chi connectivity index (χ3n) is 2.81. The summed E-state index contributed by atoms with van der Waals surface area (Å²) in [5.74, 6) is -0.333. The Hall–Kier alpha value is -0.830. The molecule has 0 aromatic heterocycles. The molecule has 1 heterocycles. The van der Waals surface area contributed by atoms with Crippen molar-refractivity contribution in [2.45, 2.75) is 32.8 Å². The summed E-state index contributed by atoms with van der Waals surface area (Å²) in [6.07, 6.45) is 0.785. The molecule has 3 nitrogen and oxygen atoms in total. The molecule has 0 N–H and O–H groups in total. The van der Waals surface area contributed by atoms with Gasteiger partial charge in [0, 0.05) is 0 Å². The number of rotatable bonds is 4. The highest BCUT2D eigenvalue weighted by molar-refractivity contribution is 5.75. The number of hydrogen-bond donors (Lipinski definition) is 0. The van der Waals surface area contributed by atoms with Gasteiger partial charge in [0.2, 0.25) is 0 Å². The second kappa shape index (κ2) is 4.13. The van der Waals surface area contributed by atoms with E-state index in [0.29, 0.717) is 13.2 Å². The summed E-state index contributed by atoms with van der Waals surface area (Å²) in [4.78, 5) is 11.3. The van der Waals surface area contributed by atoms with E-state index in [1.54, 1.807) is 0 Å². The Morgan fingerprint density at radius 2 is 2.43 bits per heavy atom. The van der Waals surface area contributed by atoms with Crippen LogP contribution in [0.15, 0.2) is 12.2 Å². The first kappa shape index (κ1) is 11.2. The summed E-state index contributed by atoms with van der Waals surface area (Å²) in [6, 6.07) is 0. The molecule has 1 aliphatic rings. The highest BCUT2D eigenvalue weighted by atomic mass is 16.6. The van der Waals surface area contributed by atoms with Crippen molar-refractivity contribution in [3.63, 3.8) is 0 Å². The van der Waals surface area contributed by atoms with Gasteiger partial charge in [-0.1, -0.05) is 19.1 Å². The van der Waals surface area contributed by atoms with Gasteiger partial charge in [-0.15, -0.1) is 0 Å². The van der Waals surface area contributed by atoms with Crippen molar-refractivity contribution >= 4 is 5.97 Å². The van der Waals surface area contributed by atoms with Crippen LogP contribution in [0.1, 0.15) is 27.2 Å². The Labute approximate surface area is 85.1 Å². The minimum absolute atomic E-state index is 0.159. The van der Waals surface area contributed by atoms with Gasteiger partial charge in [-0.2, -0.15) is 0 Å².